The van der Waals surface area contributed by atoms with Crippen LogP contribution in [0.3, 0.4) is 0 Å². The van der Waals surface area contributed by atoms with E-state index in [2.05, 4.69) is 0 Å². The third kappa shape index (κ3) is 3.40. The zero-order valence-electron chi connectivity index (χ0n) is 14.2. The summed E-state index contributed by atoms with van der Waals surface area (Å²) >= 11 is 0. The summed E-state index contributed by atoms with van der Waals surface area (Å²) < 4.78 is 6.37. The molecule has 0 unspecified atom stereocenters. The van der Waals surface area contributed by atoms with Gasteiger partial charge in [0.05, 0.1) is 12.2 Å². The molecule has 3 aromatic rings. The minimum Gasteiger partial charge on any atom is -0.462 e. The van der Waals surface area contributed by atoms with Crippen molar-refractivity contribution in [2.75, 3.05) is 6.61 Å². The maximum atomic E-state index is 12.6. The van der Waals surface area contributed by atoms with Gasteiger partial charge in [-0.25, -0.2) is 4.79 Å². The molecular weight excluding hydrogens is 328 g/mol. The highest BCUT2D eigenvalue weighted by Crippen LogP contribution is 2.20. The Morgan fingerprint density at radius 3 is 2.38 bits per heavy atom. The van der Waals surface area contributed by atoms with Crippen molar-refractivity contribution in [1.29, 1.82) is 5.26 Å². The molecule has 0 N–H and O–H groups in total. The van der Waals surface area contributed by atoms with Crippen LogP contribution in [-0.4, -0.2) is 17.1 Å². The maximum absolute atomic E-state index is 12.6. The number of rotatable bonds is 4. The molecule has 0 amide bonds. The van der Waals surface area contributed by atoms with Crippen molar-refractivity contribution >= 4 is 5.97 Å². The lowest BCUT2D eigenvalue weighted by Crippen LogP contribution is -2.20. The Bertz CT molecular complexity index is 1030. The van der Waals surface area contributed by atoms with Crippen LogP contribution in [0.15, 0.2) is 71.7 Å². The van der Waals surface area contributed by atoms with Gasteiger partial charge in [0.1, 0.15) is 11.6 Å². The number of carbonyl (C=O) groups excluding carboxylic acids is 1. The first-order valence-corrected chi connectivity index (χ1v) is 8.14. The van der Waals surface area contributed by atoms with Crippen LogP contribution in [0, 0.1) is 11.3 Å². The summed E-state index contributed by atoms with van der Waals surface area (Å²) in [6.45, 7) is 2.04. The Balaban J connectivity index is 2.09. The van der Waals surface area contributed by atoms with E-state index in [4.69, 9.17) is 4.74 Å². The van der Waals surface area contributed by atoms with Crippen molar-refractivity contribution in [1.82, 2.24) is 4.57 Å². The van der Waals surface area contributed by atoms with Crippen LogP contribution in [0.25, 0.3) is 16.8 Å². The molecule has 0 aliphatic heterocycles. The van der Waals surface area contributed by atoms with Crippen LogP contribution in [-0.2, 0) is 4.74 Å². The van der Waals surface area contributed by atoms with Crippen LogP contribution in [0.2, 0.25) is 0 Å². The number of aromatic nitrogens is 1. The Morgan fingerprint density at radius 1 is 1.08 bits per heavy atom. The summed E-state index contributed by atoms with van der Waals surface area (Å²) in [5, 5.41) is 9.31. The van der Waals surface area contributed by atoms with Gasteiger partial charge in [0.2, 0.25) is 0 Å². The SMILES string of the molecule is CCOC(=O)c1ccc(-n2cc(-c3ccccc3)cc(C#N)c2=O)cc1. The van der Waals surface area contributed by atoms with Crippen molar-refractivity contribution in [3.8, 4) is 22.9 Å². The predicted molar refractivity (Wildman–Crippen MR) is 98.1 cm³/mol. The number of ether oxygens (including phenoxy) is 1. The van der Waals surface area contributed by atoms with E-state index in [0.29, 0.717) is 17.9 Å². The van der Waals surface area contributed by atoms with Crippen LogP contribution < -0.4 is 5.56 Å². The number of carbonyl (C=O) groups is 1. The molecule has 5 nitrogen and oxygen atoms in total. The first-order chi connectivity index (χ1) is 12.6. The molecule has 3 rings (SSSR count). The Kier molecular flexibility index (Phi) is 4.95. The molecule has 0 radical (unpaired) electrons. The number of hydrogen-bond donors (Lipinski definition) is 0. The molecule has 0 spiro atoms. The average molecular weight is 344 g/mol. The van der Waals surface area contributed by atoms with Crippen molar-refractivity contribution in [3.63, 3.8) is 0 Å². The lowest BCUT2D eigenvalue weighted by atomic mass is 10.1. The van der Waals surface area contributed by atoms with Crippen LogP contribution in [0.5, 0.6) is 0 Å². The van der Waals surface area contributed by atoms with Gasteiger partial charge in [-0.15, -0.1) is 0 Å². The third-order valence-corrected chi connectivity index (χ3v) is 3.90. The van der Waals surface area contributed by atoms with Crippen molar-refractivity contribution in [2.45, 2.75) is 6.92 Å². The first-order valence-electron chi connectivity index (χ1n) is 8.14. The number of benzene rings is 2. The fraction of sp³-hybridized carbons (Fsp3) is 0.0952. The second-order valence-electron chi connectivity index (χ2n) is 5.56. The summed E-state index contributed by atoms with van der Waals surface area (Å²) in [7, 11) is 0. The van der Waals surface area contributed by atoms with Crippen molar-refractivity contribution in [3.05, 3.63) is 88.3 Å². The number of pyridine rings is 1. The van der Waals surface area contributed by atoms with Gasteiger partial charge in [-0.05, 0) is 48.4 Å². The Morgan fingerprint density at radius 2 is 1.77 bits per heavy atom. The normalized spacial score (nSPS) is 10.2. The summed E-state index contributed by atoms with van der Waals surface area (Å²) in [6.07, 6.45) is 1.69. The van der Waals surface area contributed by atoms with Gasteiger partial charge in [-0.2, -0.15) is 5.26 Å². The minimum atomic E-state index is -0.415. The van der Waals surface area contributed by atoms with E-state index < -0.39 is 11.5 Å². The number of hydrogen-bond acceptors (Lipinski definition) is 4. The monoisotopic (exact) mass is 344 g/mol. The van der Waals surface area contributed by atoms with Crippen molar-refractivity contribution < 1.29 is 9.53 Å². The van der Waals surface area contributed by atoms with E-state index in [1.165, 1.54) is 4.57 Å². The van der Waals surface area contributed by atoms with Gasteiger partial charge in [0.15, 0.2) is 0 Å². The standard InChI is InChI=1S/C21H16N2O3/c1-2-26-21(25)16-8-10-19(11-9-16)23-14-18(12-17(13-22)20(23)24)15-6-4-3-5-7-15/h3-12,14H,2H2,1H3. The van der Waals surface area contributed by atoms with E-state index in [9.17, 15) is 14.9 Å². The Labute approximate surface area is 150 Å². The van der Waals surface area contributed by atoms with Crippen molar-refractivity contribution in [2.24, 2.45) is 0 Å². The Hall–Kier alpha value is -3.65. The van der Waals surface area contributed by atoms with E-state index in [0.717, 1.165) is 11.1 Å². The highest BCUT2D eigenvalue weighted by atomic mass is 16.5. The lowest BCUT2D eigenvalue weighted by Gasteiger charge is -2.10. The molecule has 1 heterocycles. The lowest BCUT2D eigenvalue weighted by molar-refractivity contribution is 0.0526. The quantitative estimate of drug-likeness (QED) is 0.679. The van der Waals surface area contributed by atoms with E-state index in [1.807, 2.05) is 36.4 Å². The molecule has 0 bridgehead atoms. The molecule has 128 valence electrons. The molecule has 26 heavy (non-hydrogen) atoms. The van der Waals surface area contributed by atoms with Crippen LogP contribution in [0.1, 0.15) is 22.8 Å². The second kappa shape index (κ2) is 7.49. The smallest absolute Gasteiger partial charge is 0.338 e. The van der Waals surface area contributed by atoms with Gasteiger partial charge in [0, 0.05) is 11.9 Å². The summed E-state index contributed by atoms with van der Waals surface area (Å²) in [5.41, 5.74) is 2.29. The summed E-state index contributed by atoms with van der Waals surface area (Å²) in [4.78, 5) is 24.3. The van der Waals surface area contributed by atoms with Crippen LogP contribution in [0.4, 0.5) is 0 Å². The largest absolute Gasteiger partial charge is 0.462 e. The molecule has 0 aliphatic rings. The third-order valence-electron chi connectivity index (χ3n) is 3.90. The van der Waals surface area contributed by atoms with Gasteiger partial charge >= 0.3 is 5.97 Å². The van der Waals surface area contributed by atoms with Gasteiger partial charge in [0.25, 0.3) is 5.56 Å². The highest BCUT2D eigenvalue weighted by molar-refractivity contribution is 5.89. The van der Waals surface area contributed by atoms with Gasteiger partial charge in [-0.1, -0.05) is 30.3 Å². The molecule has 1 aromatic heterocycles. The summed E-state index contributed by atoms with van der Waals surface area (Å²) in [5.74, 6) is -0.415. The number of nitriles is 1. The predicted octanol–water partition coefficient (Wildman–Crippen LogP) is 3.55. The fourth-order valence-electron chi connectivity index (χ4n) is 2.61. The maximum Gasteiger partial charge on any atom is 0.338 e. The van der Waals surface area contributed by atoms with E-state index in [1.54, 1.807) is 43.5 Å². The molecular formula is C21H16N2O3. The first kappa shape index (κ1) is 17.2. The molecule has 0 saturated carbocycles. The van der Waals surface area contributed by atoms with E-state index in [-0.39, 0.29) is 5.56 Å². The minimum absolute atomic E-state index is 0.0563. The number of esters is 1. The van der Waals surface area contributed by atoms with Crippen LogP contribution >= 0.6 is 0 Å². The highest BCUT2D eigenvalue weighted by Gasteiger charge is 2.11. The van der Waals surface area contributed by atoms with Gasteiger partial charge in [-0.3, -0.25) is 9.36 Å². The zero-order chi connectivity index (χ0) is 18.5. The molecule has 0 saturated heterocycles. The zero-order valence-corrected chi connectivity index (χ0v) is 14.2. The van der Waals surface area contributed by atoms with Gasteiger partial charge < -0.3 is 4.74 Å². The topological polar surface area (TPSA) is 72.1 Å². The molecule has 2 aromatic carbocycles. The molecule has 0 aliphatic carbocycles. The summed E-state index contributed by atoms with van der Waals surface area (Å²) in [6, 6.07) is 19.6. The number of nitrogens with zero attached hydrogens (tertiary/aromatic N) is 2. The fourth-order valence-corrected chi connectivity index (χ4v) is 2.61. The van der Waals surface area contributed by atoms with E-state index >= 15 is 0 Å². The molecule has 5 heteroatoms. The molecule has 0 atom stereocenters. The molecule has 0 fully saturated rings. The average Bonchev–Trinajstić information content (AvgIpc) is 2.69. The second-order valence-corrected chi connectivity index (χ2v) is 5.56.